The van der Waals surface area contributed by atoms with Crippen molar-refractivity contribution in [3.05, 3.63) is 33.3 Å². The molecule has 0 aliphatic carbocycles. The normalized spacial score (nSPS) is 13.0. The molecule has 1 unspecified atom stereocenters. The number of nitrogens with zero attached hydrogens (tertiary/aromatic N) is 1. The Morgan fingerprint density at radius 2 is 2.11 bits per heavy atom. The molecule has 0 heterocycles. The molecule has 0 saturated heterocycles. The highest BCUT2D eigenvalue weighted by Crippen LogP contribution is 2.27. The van der Waals surface area contributed by atoms with Gasteiger partial charge in [0.25, 0.3) is 0 Å². The van der Waals surface area contributed by atoms with Gasteiger partial charge in [-0.3, -0.25) is 4.90 Å². The molecular formula is C14H22BrClN2. The summed E-state index contributed by atoms with van der Waals surface area (Å²) in [6.07, 6.45) is 3.73. The number of hydrogen-bond donors (Lipinski definition) is 1. The van der Waals surface area contributed by atoms with Crippen molar-refractivity contribution < 1.29 is 0 Å². The minimum absolute atomic E-state index is 0.260. The molecule has 1 aromatic carbocycles. The standard InChI is InChI=1S/C14H22BrClN2/c1-3-4-5-8-18(2)14(10-17)11-6-7-13(16)12(15)9-11/h6-7,9,14H,3-5,8,10,17H2,1-2H3. The number of unbranched alkanes of at least 4 members (excludes halogenated alkanes) is 2. The fourth-order valence-electron chi connectivity index (χ4n) is 2.06. The first-order valence-electron chi connectivity index (χ1n) is 6.45. The highest BCUT2D eigenvalue weighted by atomic mass is 79.9. The topological polar surface area (TPSA) is 29.3 Å². The third kappa shape index (κ3) is 4.54. The maximum absolute atomic E-state index is 6.02. The lowest BCUT2D eigenvalue weighted by molar-refractivity contribution is 0.245. The molecule has 0 aliphatic heterocycles. The first-order chi connectivity index (χ1) is 8.60. The lowest BCUT2D eigenvalue weighted by Crippen LogP contribution is -2.31. The van der Waals surface area contributed by atoms with Gasteiger partial charge in [0.1, 0.15) is 0 Å². The average molecular weight is 334 g/mol. The number of benzene rings is 1. The van der Waals surface area contributed by atoms with Crippen LogP contribution in [0.25, 0.3) is 0 Å². The van der Waals surface area contributed by atoms with Crippen molar-refractivity contribution >= 4 is 27.5 Å². The molecule has 2 N–H and O–H groups in total. The van der Waals surface area contributed by atoms with Crippen LogP contribution in [0.1, 0.15) is 37.8 Å². The number of halogens is 2. The summed E-state index contributed by atoms with van der Waals surface area (Å²) in [7, 11) is 2.13. The SMILES string of the molecule is CCCCCN(C)C(CN)c1ccc(Cl)c(Br)c1. The second-order valence-electron chi connectivity index (χ2n) is 4.61. The van der Waals surface area contributed by atoms with Crippen LogP contribution in [0.2, 0.25) is 5.02 Å². The number of rotatable bonds is 7. The van der Waals surface area contributed by atoms with Gasteiger partial charge in [-0.25, -0.2) is 0 Å². The van der Waals surface area contributed by atoms with Crippen LogP contribution in [0.4, 0.5) is 0 Å². The Kier molecular flexibility index (Phi) is 7.23. The van der Waals surface area contributed by atoms with Crippen molar-refractivity contribution in [3.63, 3.8) is 0 Å². The van der Waals surface area contributed by atoms with Gasteiger partial charge >= 0.3 is 0 Å². The molecule has 0 aliphatic rings. The zero-order valence-corrected chi connectivity index (χ0v) is 13.5. The summed E-state index contributed by atoms with van der Waals surface area (Å²) in [5, 5.41) is 0.739. The van der Waals surface area contributed by atoms with Crippen molar-refractivity contribution in [1.82, 2.24) is 4.90 Å². The second kappa shape index (κ2) is 8.16. The third-order valence-corrected chi connectivity index (χ3v) is 4.41. The Hall–Kier alpha value is -0.0900. The Morgan fingerprint density at radius 1 is 1.39 bits per heavy atom. The van der Waals surface area contributed by atoms with Crippen molar-refractivity contribution in [1.29, 1.82) is 0 Å². The van der Waals surface area contributed by atoms with Crippen LogP contribution < -0.4 is 5.73 Å². The first-order valence-corrected chi connectivity index (χ1v) is 7.62. The summed E-state index contributed by atoms with van der Waals surface area (Å²) in [5.41, 5.74) is 7.12. The van der Waals surface area contributed by atoms with Crippen molar-refractivity contribution in [3.8, 4) is 0 Å². The lowest BCUT2D eigenvalue weighted by Gasteiger charge is -2.27. The maximum Gasteiger partial charge on any atom is 0.0548 e. The van der Waals surface area contributed by atoms with E-state index < -0.39 is 0 Å². The predicted molar refractivity (Wildman–Crippen MR) is 83.1 cm³/mol. The van der Waals surface area contributed by atoms with Crippen molar-refractivity contribution in [2.24, 2.45) is 5.73 Å². The molecule has 18 heavy (non-hydrogen) atoms. The van der Waals surface area contributed by atoms with E-state index in [0.29, 0.717) is 6.54 Å². The van der Waals surface area contributed by atoms with E-state index >= 15 is 0 Å². The molecule has 1 rings (SSSR count). The van der Waals surface area contributed by atoms with Crippen LogP contribution in [0.3, 0.4) is 0 Å². The second-order valence-corrected chi connectivity index (χ2v) is 5.87. The van der Waals surface area contributed by atoms with E-state index in [4.69, 9.17) is 17.3 Å². The van der Waals surface area contributed by atoms with Gasteiger partial charge in [0, 0.05) is 17.1 Å². The molecular weight excluding hydrogens is 312 g/mol. The molecule has 4 heteroatoms. The Labute approximate surface area is 124 Å². The maximum atomic E-state index is 6.02. The van der Waals surface area contributed by atoms with Crippen LogP contribution in [0, 0.1) is 0 Å². The summed E-state index contributed by atoms with van der Waals surface area (Å²) in [4.78, 5) is 2.32. The summed E-state index contributed by atoms with van der Waals surface area (Å²) in [6.45, 7) is 3.92. The predicted octanol–water partition coefficient (Wildman–Crippen LogP) is 4.22. The Bertz CT molecular complexity index is 371. The molecule has 0 amide bonds. The van der Waals surface area contributed by atoms with E-state index in [1.165, 1.54) is 24.8 Å². The van der Waals surface area contributed by atoms with Gasteiger partial charge in [0.15, 0.2) is 0 Å². The largest absolute Gasteiger partial charge is 0.329 e. The molecule has 0 bridgehead atoms. The molecule has 0 aromatic heterocycles. The third-order valence-electron chi connectivity index (χ3n) is 3.20. The van der Waals surface area contributed by atoms with Crippen LogP contribution in [0.15, 0.2) is 22.7 Å². The van der Waals surface area contributed by atoms with Gasteiger partial charge in [-0.15, -0.1) is 0 Å². The molecule has 0 saturated carbocycles. The van der Waals surface area contributed by atoms with Crippen LogP contribution >= 0.6 is 27.5 Å². The van der Waals surface area contributed by atoms with Gasteiger partial charge in [0.05, 0.1) is 5.02 Å². The van der Waals surface area contributed by atoms with Gasteiger partial charge in [-0.05, 0) is 53.6 Å². The molecule has 102 valence electrons. The zero-order valence-electron chi connectivity index (χ0n) is 11.1. The van der Waals surface area contributed by atoms with E-state index in [0.717, 1.165) is 16.0 Å². The summed E-state index contributed by atoms with van der Waals surface area (Å²) >= 11 is 9.48. The van der Waals surface area contributed by atoms with Gasteiger partial charge in [0.2, 0.25) is 0 Å². The monoisotopic (exact) mass is 332 g/mol. The smallest absolute Gasteiger partial charge is 0.0548 e. The number of likely N-dealkylation sites (N-methyl/N-ethyl adjacent to an activating group) is 1. The van der Waals surface area contributed by atoms with E-state index in [1.54, 1.807) is 0 Å². The Balaban J connectivity index is 2.72. The number of nitrogens with two attached hydrogens (primary N) is 1. The van der Waals surface area contributed by atoms with E-state index in [-0.39, 0.29) is 6.04 Å². The summed E-state index contributed by atoms with van der Waals surface area (Å²) in [6, 6.07) is 6.30. The van der Waals surface area contributed by atoms with Gasteiger partial charge < -0.3 is 5.73 Å². The van der Waals surface area contributed by atoms with Gasteiger partial charge in [-0.2, -0.15) is 0 Å². The van der Waals surface area contributed by atoms with Crippen LogP contribution in [-0.2, 0) is 0 Å². The van der Waals surface area contributed by atoms with E-state index in [2.05, 4.69) is 46.9 Å². The molecule has 0 spiro atoms. The molecule has 1 atom stereocenters. The molecule has 1 aromatic rings. The van der Waals surface area contributed by atoms with Crippen molar-refractivity contribution in [2.75, 3.05) is 20.1 Å². The quantitative estimate of drug-likeness (QED) is 0.757. The molecule has 0 fully saturated rings. The fraction of sp³-hybridized carbons (Fsp3) is 0.571. The Morgan fingerprint density at radius 3 is 2.67 bits per heavy atom. The van der Waals surface area contributed by atoms with Crippen LogP contribution in [0.5, 0.6) is 0 Å². The number of hydrogen-bond acceptors (Lipinski definition) is 2. The average Bonchev–Trinajstić information content (AvgIpc) is 2.35. The summed E-state index contributed by atoms with van der Waals surface area (Å²) < 4.78 is 0.932. The first kappa shape index (κ1) is 16.0. The minimum atomic E-state index is 0.260. The minimum Gasteiger partial charge on any atom is -0.329 e. The molecule has 2 nitrogen and oxygen atoms in total. The highest BCUT2D eigenvalue weighted by molar-refractivity contribution is 9.10. The highest BCUT2D eigenvalue weighted by Gasteiger charge is 2.15. The summed E-state index contributed by atoms with van der Waals surface area (Å²) in [5.74, 6) is 0. The van der Waals surface area contributed by atoms with E-state index in [9.17, 15) is 0 Å². The zero-order chi connectivity index (χ0) is 13.5. The molecule has 0 radical (unpaired) electrons. The van der Waals surface area contributed by atoms with Crippen LogP contribution in [-0.4, -0.2) is 25.0 Å². The van der Waals surface area contributed by atoms with E-state index in [1.807, 2.05) is 6.07 Å². The lowest BCUT2D eigenvalue weighted by atomic mass is 10.1. The van der Waals surface area contributed by atoms with Crippen molar-refractivity contribution in [2.45, 2.75) is 32.2 Å². The van der Waals surface area contributed by atoms with Gasteiger partial charge in [-0.1, -0.05) is 37.4 Å². The fourth-order valence-corrected chi connectivity index (χ4v) is 2.57.